The summed E-state index contributed by atoms with van der Waals surface area (Å²) in [6.45, 7) is 6.91. The third-order valence-electron chi connectivity index (χ3n) is 2.93. The Morgan fingerprint density at radius 3 is 2.41 bits per heavy atom. The molecule has 1 amide bonds. The average Bonchev–Trinajstić information content (AvgIpc) is 2.46. The third kappa shape index (κ3) is 8.29. The largest absolute Gasteiger partial charge is 0.356 e. The second-order valence-corrected chi connectivity index (χ2v) is 6.24. The average molecular weight is 304 g/mol. The van der Waals surface area contributed by atoms with Gasteiger partial charge in [0.25, 0.3) is 0 Å². The molecule has 0 aliphatic heterocycles. The van der Waals surface area contributed by atoms with Crippen molar-refractivity contribution in [1.82, 2.24) is 16.0 Å². The summed E-state index contributed by atoms with van der Waals surface area (Å²) in [6, 6.07) is 10.4. The van der Waals surface area contributed by atoms with Crippen LogP contribution in [0.5, 0.6) is 0 Å². The summed E-state index contributed by atoms with van der Waals surface area (Å²) in [5.41, 5.74) is 1.11. The Balaban J connectivity index is 2.21. The normalized spacial score (nSPS) is 11.9. The predicted molar refractivity (Wildman–Crippen MR) is 92.0 cm³/mol. The third-order valence-corrected chi connectivity index (χ3v) is 2.93. The van der Waals surface area contributed by atoms with Crippen LogP contribution in [-0.4, -0.2) is 37.5 Å². The molecule has 0 fully saturated rings. The van der Waals surface area contributed by atoms with Gasteiger partial charge in [-0.3, -0.25) is 9.79 Å². The van der Waals surface area contributed by atoms with Gasteiger partial charge in [-0.2, -0.15) is 0 Å². The van der Waals surface area contributed by atoms with E-state index in [4.69, 9.17) is 0 Å². The molecule has 0 bridgehead atoms. The van der Waals surface area contributed by atoms with Gasteiger partial charge < -0.3 is 16.0 Å². The molecule has 0 saturated carbocycles. The first-order valence-electron chi connectivity index (χ1n) is 7.70. The van der Waals surface area contributed by atoms with Gasteiger partial charge in [-0.25, -0.2) is 0 Å². The van der Waals surface area contributed by atoms with E-state index in [1.54, 1.807) is 7.05 Å². The molecule has 3 N–H and O–H groups in total. The Bertz CT molecular complexity index is 477. The molecular formula is C17H28N4O. The van der Waals surface area contributed by atoms with Crippen LogP contribution in [0.3, 0.4) is 0 Å². The molecule has 22 heavy (non-hydrogen) atoms. The van der Waals surface area contributed by atoms with Crippen LogP contribution in [0.15, 0.2) is 35.3 Å². The number of carbonyl (C=O) groups excluding carboxylic acids is 1. The Labute approximate surface area is 133 Å². The van der Waals surface area contributed by atoms with Crippen LogP contribution < -0.4 is 16.0 Å². The van der Waals surface area contributed by atoms with Crippen molar-refractivity contribution >= 4 is 11.9 Å². The molecule has 0 spiro atoms. The number of carbonyl (C=O) groups is 1. The summed E-state index contributed by atoms with van der Waals surface area (Å²) in [7, 11) is 1.70. The number of aliphatic imine (C=N–C) groups is 1. The standard InChI is InChI=1S/C17H28N4O/c1-17(2,3)21-15(22)13-20-16(18-4)19-12-8-11-14-9-6-5-7-10-14/h5-7,9-10H,8,11-13H2,1-4H3,(H,21,22)(H2,18,19,20). The lowest BCUT2D eigenvalue weighted by molar-refractivity contribution is -0.121. The van der Waals surface area contributed by atoms with E-state index in [9.17, 15) is 4.79 Å². The van der Waals surface area contributed by atoms with E-state index in [0.29, 0.717) is 5.96 Å². The molecular weight excluding hydrogens is 276 g/mol. The van der Waals surface area contributed by atoms with Gasteiger partial charge in [-0.1, -0.05) is 30.3 Å². The number of nitrogens with one attached hydrogen (secondary N) is 3. The zero-order chi connectivity index (χ0) is 16.4. The first-order valence-corrected chi connectivity index (χ1v) is 7.70. The van der Waals surface area contributed by atoms with Crippen molar-refractivity contribution in [1.29, 1.82) is 0 Å². The van der Waals surface area contributed by atoms with Gasteiger partial charge in [0.1, 0.15) is 0 Å². The van der Waals surface area contributed by atoms with Crippen molar-refractivity contribution in [2.75, 3.05) is 20.1 Å². The van der Waals surface area contributed by atoms with Gasteiger partial charge in [0.15, 0.2) is 5.96 Å². The van der Waals surface area contributed by atoms with Gasteiger partial charge in [0.05, 0.1) is 6.54 Å². The molecule has 0 saturated heterocycles. The lowest BCUT2D eigenvalue weighted by Gasteiger charge is -2.21. The monoisotopic (exact) mass is 304 g/mol. The number of nitrogens with zero attached hydrogens (tertiary/aromatic N) is 1. The maximum atomic E-state index is 11.7. The molecule has 0 atom stereocenters. The van der Waals surface area contributed by atoms with Gasteiger partial charge in [0, 0.05) is 19.1 Å². The Morgan fingerprint density at radius 2 is 1.82 bits per heavy atom. The maximum Gasteiger partial charge on any atom is 0.239 e. The summed E-state index contributed by atoms with van der Waals surface area (Å²) in [6.07, 6.45) is 2.04. The Morgan fingerprint density at radius 1 is 1.14 bits per heavy atom. The summed E-state index contributed by atoms with van der Waals surface area (Å²) in [5.74, 6) is 0.608. The zero-order valence-corrected chi connectivity index (χ0v) is 14.1. The summed E-state index contributed by atoms with van der Waals surface area (Å²) >= 11 is 0. The highest BCUT2D eigenvalue weighted by Gasteiger charge is 2.13. The lowest BCUT2D eigenvalue weighted by Crippen LogP contribution is -2.48. The van der Waals surface area contributed by atoms with Gasteiger partial charge in [-0.05, 0) is 39.2 Å². The Kier molecular flexibility index (Phi) is 7.43. The van der Waals surface area contributed by atoms with Crippen molar-refractivity contribution in [2.45, 2.75) is 39.2 Å². The molecule has 5 heteroatoms. The van der Waals surface area contributed by atoms with E-state index in [2.05, 4.69) is 45.2 Å². The maximum absolute atomic E-state index is 11.7. The number of guanidine groups is 1. The van der Waals surface area contributed by atoms with E-state index in [1.165, 1.54) is 5.56 Å². The topological polar surface area (TPSA) is 65.5 Å². The number of hydrogen-bond donors (Lipinski definition) is 3. The van der Waals surface area contributed by atoms with Crippen LogP contribution in [0, 0.1) is 0 Å². The molecule has 0 unspecified atom stereocenters. The number of hydrogen-bond acceptors (Lipinski definition) is 2. The van der Waals surface area contributed by atoms with Gasteiger partial charge in [0.2, 0.25) is 5.91 Å². The van der Waals surface area contributed by atoms with E-state index in [0.717, 1.165) is 19.4 Å². The molecule has 0 heterocycles. The fourth-order valence-corrected chi connectivity index (χ4v) is 1.99. The minimum absolute atomic E-state index is 0.0419. The zero-order valence-electron chi connectivity index (χ0n) is 14.1. The number of benzene rings is 1. The van der Waals surface area contributed by atoms with Crippen LogP contribution >= 0.6 is 0 Å². The van der Waals surface area contributed by atoms with Gasteiger partial charge >= 0.3 is 0 Å². The van der Waals surface area contributed by atoms with Crippen molar-refractivity contribution in [3.8, 4) is 0 Å². The molecule has 1 aromatic rings. The molecule has 0 aromatic heterocycles. The van der Waals surface area contributed by atoms with Crippen molar-refractivity contribution in [3.63, 3.8) is 0 Å². The van der Waals surface area contributed by atoms with E-state index < -0.39 is 0 Å². The van der Waals surface area contributed by atoms with Crippen LogP contribution in [0.4, 0.5) is 0 Å². The minimum Gasteiger partial charge on any atom is -0.356 e. The quantitative estimate of drug-likeness (QED) is 0.426. The minimum atomic E-state index is -0.217. The molecule has 0 radical (unpaired) electrons. The summed E-state index contributed by atoms with van der Waals surface area (Å²) in [4.78, 5) is 15.9. The molecule has 122 valence electrons. The predicted octanol–water partition coefficient (Wildman–Crippen LogP) is 1.70. The van der Waals surface area contributed by atoms with Crippen molar-refractivity contribution in [3.05, 3.63) is 35.9 Å². The highest BCUT2D eigenvalue weighted by Crippen LogP contribution is 2.01. The lowest BCUT2D eigenvalue weighted by atomic mass is 10.1. The summed E-state index contributed by atoms with van der Waals surface area (Å²) in [5, 5.41) is 9.14. The number of amides is 1. The van der Waals surface area contributed by atoms with Crippen LogP contribution in [0.1, 0.15) is 32.8 Å². The summed E-state index contributed by atoms with van der Waals surface area (Å²) < 4.78 is 0. The highest BCUT2D eigenvalue weighted by molar-refractivity contribution is 5.86. The fraction of sp³-hybridized carbons (Fsp3) is 0.529. The van der Waals surface area contributed by atoms with Crippen LogP contribution in [0.2, 0.25) is 0 Å². The van der Waals surface area contributed by atoms with E-state index in [1.807, 2.05) is 26.8 Å². The molecule has 1 aromatic carbocycles. The van der Waals surface area contributed by atoms with Crippen LogP contribution in [0.25, 0.3) is 0 Å². The molecule has 1 rings (SSSR count). The number of rotatable bonds is 6. The molecule has 0 aliphatic rings. The second kappa shape index (κ2) is 9.07. The number of aryl methyl sites for hydroxylation is 1. The van der Waals surface area contributed by atoms with E-state index in [-0.39, 0.29) is 18.0 Å². The molecule has 0 aliphatic carbocycles. The second-order valence-electron chi connectivity index (χ2n) is 6.24. The fourth-order valence-electron chi connectivity index (χ4n) is 1.99. The molecule has 5 nitrogen and oxygen atoms in total. The Hall–Kier alpha value is -2.04. The SMILES string of the molecule is CN=C(NCCCc1ccccc1)NCC(=O)NC(C)(C)C. The van der Waals surface area contributed by atoms with Crippen molar-refractivity contribution < 1.29 is 4.79 Å². The van der Waals surface area contributed by atoms with E-state index >= 15 is 0 Å². The highest BCUT2D eigenvalue weighted by atomic mass is 16.2. The first kappa shape index (κ1) is 18.0. The van der Waals surface area contributed by atoms with Crippen LogP contribution in [-0.2, 0) is 11.2 Å². The smallest absolute Gasteiger partial charge is 0.239 e. The first-order chi connectivity index (χ1) is 10.4. The van der Waals surface area contributed by atoms with Gasteiger partial charge in [-0.15, -0.1) is 0 Å². The van der Waals surface area contributed by atoms with Crippen molar-refractivity contribution in [2.24, 2.45) is 4.99 Å².